The molecule has 0 aliphatic heterocycles. The minimum Gasteiger partial charge on any atom is -0.467 e. The number of methoxy groups -OCH3 is 1. The van der Waals surface area contributed by atoms with Gasteiger partial charge in [0, 0.05) is 20.6 Å². The van der Waals surface area contributed by atoms with Gasteiger partial charge in [0.2, 0.25) is 0 Å². The van der Waals surface area contributed by atoms with Crippen LogP contribution in [-0.4, -0.2) is 57.0 Å². The summed E-state index contributed by atoms with van der Waals surface area (Å²) in [5, 5.41) is 2.35. The molecule has 0 rings (SSSR count). The minimum absolute atomic E-state index is 0.0296. The number of ketones is 1. The predicted octanol–water partition coefficient (Wildman–Crippen LogP) is 1.89. The lowest BCUT2D eigenvalue weighted by molar-refractivity contribution is -0.143. The number of amides is 1. The van der Waals surface area contributed by atoms with Crippen molar-refractivity contribution in [2.75, 3.05) is 27.5 Å². The molecule has 1 unspecified atom stereocenters. The molecule has 1 N–H and O–H groups in total. The van der Waals surface area contributed by atoms with E-state index in [1.54, 1.807) is 20.8 Å². The van der Waals surface area contributed by atoms with Gasteiger partial charge in [-0.05, 0) is 27.2 Å². The lowest BCUT2D eigenvalue weighted by atomic mass is 10.1. The van der Waals surface area contributed by atoms with Crippen molar-refractivity contribution >= 4 is 25.4 Å². The summed E-state index contributed by atoms with van der Waals surface area (Å²) in [5.41, 5.74) is -0.732. The highest BCUT2D eigenvalue weighted by Crippen LogP contribution is 2.46. The zero-order valence-corrected chi connectivity index (χ0v) is 15.8. The molecule has 0 saturated carbocycles. The molecule has 0 bridgehead atoms. The van der Waals surface area contributed by atoms with Crippen LogP contribution < -0.4 is 5.32 Å². The molecule has 0 heterocycles. The third kappa shape index (κ3) is 9.00. The predicted molar refractivity (Wildman–Crippen MR) is 85.9 cm³/mol. The Labute approximate surface area is 141 Å². The highest BCUT2D eigenvalue weighted by atomic mass is 31.2. The minimum atomic E-state index is -3.46. The van der Waals surface area contributed by atoms with Crippen molar-refractivity contribution < 1.29 is 37.5 Å². The van der Waals surface area contributed by atoms with Crippen molar-refractivity contribution in [1.82, 2.24) is 5.32 Å². The van der Waals surface area contributed by atoms with Crippen LogP contribution in [0.5, 0.6) is 0 Å². The van der Waals surface area contributed by atoms with Crippen molar-refractivity contribution in [2.45, 2.75) is 45.3 Å². The van der Waals surface area contributed by atoms with E-state index in [0.29, 0.717) is 0 Å². The maximum absolute atomic E-state index is 11.9. The first kappa shape index (κ1) is 22.6. The number of esters is 1. The Morgan fingerprint density at radius 1 is 1.08 bits per heavy atom. The molecule has 1 atom stereocenters. The molecule has 0 spiro atoms. The number of carbonyl (C=O) groups excluding carboxylic acids is 3. The maximum Gasteiger partial charge on any atom is 0.408 e. The lowest BCUT2D eigenvalue weighted by Crippen LogP contribution is -2.44. The summed E-state index contributed by atoms with van der Waals surface area (Å²) in [6.07, 6.45) is -1.37. The van der Waals surface area contributed by atoms with Crippen LogP contribution in [0.2, 0.25) is 0 Å². The molecule has 0 aromatic heterocycles. The largest absolute Gasteiger partial charge is 0.467 e. The molecular formula is C14H26NO8P. The quantitative estimate of drug-likeness (QED) is 0.485. The summed E-state index contributed by atoms with van der Waals surface area (Å²) in [7, 11) is 0.0625. The number of carbonyl (C=O) groups is 3. The van der Waals surface area contributed by atoms with Gasteiger partial charge in [-0.1, -0.05) is 0 Å². The fraction of sp³-hybridized carbons (Fsp3) is 0.786. The number of alkyl carbamates (subject to hydrolysis) is 1. The van der Waals surface area contributed by atoms with E-state index in [0.717, 1.165) is 7.11 Å². The Morgan fingerprint density at radius 2 is 1.62 bits per heavy atom. The lowest BCUT2D eigenvalue weighted by Gasteiger charge is -2.22. The molecule has 0 aliphatic rings. The summed E-state index contributed by atoms with van der Waals surface area (Å²) in [4.78, 5) is 35.3. The van der Waals surface area contributed by atoms with Gasteiger partial charge in [0.05, 0.1) is 7.11 Å². The summed E-state index contributed by atoms with van der Waals surface area (Å²) in [6.45, 7) is 5.03. The van der Waals surface area contributed by atoms with E-state index in [1.165, 1.54) is 14.2 Å². The normalized spacial score (nSPS) is 13.1. The van der Waals surface area contributed by atoms with Gasteiger partial charge in [-0.2, -0.15) is 0 Å². The van der Waals surface area contributed by atoms with Crippen molar-refractivity contribution in [3.63, 3.8) is 0 Å². The molecule has 0 aliphatic carbocycles. The van der Waals surface area contributed by atoms with Gasteiger partial charge in [-0.3, -0.25) is 9.36 Å². The zero-order chi connectivity index (χ0) is 19.0. The molecular weight excluding hydrogens is 341 g/mol. The van der Waals surface area contributed by atoms with E-state index in [1.807, 2.05) is 0 Å². The first-order valence-corrected chi connectivity index (χ1v) is 8.98. The molecule has 9 nitrogen and oxygen atoms in total. The van der Waals surface area contributed by atoms with Crippen molar-refractivity contribution in [3.8, 4) is 0 Å². The van der Waals surface area contributed by atoms with Crippen LogP contribution in [0.4, 0.5) is 4.79 Å². The van der Waals surface area contributed by atoms with Crippen LogP contribution in [0.25, 0.3) is 0 Å². The number of hydrogen-bond donors (Lipinski definition) is 1. The Kier molecular flexibility index (Phi) is 9.17. The van der Waals surface area contributed by atoms with E-state index in [9.17, 15) is 18.9 Å². The van der Waals surface area contributed by atoms with Gasteiger partial charge in [0.15, 0.2) is 0 Å². The highest BCUT2D eigenvalue weighted by Gasteiger charge is 2.29. The van der Waals surface area contributed by atoms with Gasteiger partial charge in [-0.25, -0.2) is 9.59 Å². The van der Waals surface area contributed by atoms with E-state index >= 15 is 0 Å². The van der Waals surface area contributed by atoms with Crippen LogP contribution in [0.15, 0.2) is 0 Å². The average molecular weight is 367 g/mol. The monoisotopic (exact) mass is 367 g/mol. The van der Waals surface area contributed by atoms with E-state index < -0.39 is 43.2 Å². The summed E-state index contributed by atoms with van der Waals surface area (Å²) >= 11 is 0. The Hall–Kier alpha value is -1.44. The number of hydrogen-bond acceptors (Lipinski definition) is 8. The highest BCUT2D eigenvalue weighted by molar-refractivity contribution is 7.54. The van der Waals surface area contributed by atoms with Crippen molar-refractivity contribution in [3.05, 3.63) is 0 Å². The first-order chi connectivity index (χ1) is 11.0. The third-order valence-electron chi connectivity index (χ3n) is 2.81. The van der Waals surface area contributed by atoms with Crippen LogP contribution in [0.3, 0.4) is 0 Å². The van der Waals surface area contributed by atoms with E-state index in [-0.39, 0.29) is 12.8 Å². The number of rotatable bonds is 9. The topological polar surface area (TPSA) is 117 Å². The molecule has 0 radical (unpaired) electrons. The van der Waals surface area contributed by atoms with Crippen molar-refractivity contribution in [2.24, 2.45) is 0 Å². The SMILES string of the molecule is COC(=O)C(CCC(=O)CP(=O)(OC)OC)NC(=O)OC(C)(C)C. The number of nitrogens with one attached hydrogen (secondary N) is 1. The van der Waals surface area contributed by atoms with Crippen LogP contribution >= 0.6 is 7.60 Å². The summed E-state index contributed by atoms with van der Waals surface area (Å²) < 4.78 is 30.9. The third-order valence-corrected chi connectivity index (χ3v) is 4.67. The first-order valence-electron chi connectivity index (χ1n) is 7.26. The van der Waals surface area contributed by atoms with Gasteiger partial charge in [0.25, 0.3) is 0 Å². The van der Waals surface area contributed by atoms with Gasteiger partial charge >= 0.3 is 19.7 Å². The van der Waals surface area contributed by atoms with Crippen LogP contribution in [0.1, 0.15) is 33.6 Å². The van der Waals surface area contributed by atoms with Crippen molar-refractivity contribution in [1.29, 1.82) is 0 Å². The van der Waals surface area contributed by atoms with E-state index in [4.69, 9.17) is 4.74 Å². The number of Topliss-reactive ketones (excluding diaryl/α,β-unsaturated/α-hetero) is 1. The molecule has 24 heavy (non-hydrogen) atoms. The fourth-order valence-electron chi connectivity index (χ4n) is 1.65. The standard InChI is InChI=1S/C14H26NO8P/c1-14(2,3)23-13(18)15-11(12(17)20-4)8-7-10(16)9-24(19,21-5)22-6/h11H,7-9H2,1-6H3,(H,15,18). The average Bonchev–Trinajstić information content (AvgIpc) is 2.48. The Morgan fingerprint density at radius 3 is 2.04 bits per heavy atom. The second kappa shape index (κ2) is 9.76. The van der Waals surface area contributed by atoms with Crippen LogP contribution in [0, 0.1) is 0 Å². The number of ether oxygens (including phenoxy) is 2. The summed E-state index contributed by atoms with van der Waals surface area (Å²) in [5.74, 6) is -1.14. The Balaban J connectivity index is 4.70. The zero-order valence-electron chi connectivity index (χ0n) is 14.9. The second-order valence-electron chi connectivity index (χ2n) is 5.93. The molecule has 0 aromatic rings. The second-order valence-corrected chi connectivity index (χ2v) is 8.20. The van der Waals surface area contributed by atoms with Gasteiger partial charge in [-0.15, -0.1) is 0 Å². The Bertz CT molecular complexity index is 491. The fourth-order valence-corrected chi connectivity index (χ4v) is 2.64. The summed E-state index contributed by atoms with van der Waals surface area (Å²) in [6, 6.07) is -1.06. The van der Waals surface area contributed by atoms with E-state index in [2.05, 4.69) is 19.1 Å². The van der Waals surface area contributed by atoms with Gasteiger partial charge < -0.3 is 23.8 Å². The molecule has 0 fully saturated rings. The molecule has 0 aromatic carbocycles. The van der Waals surface area contributed by atoms with Gasteiger partial charge in [0.1, 0.15) is 23.6 Å². The molecule has 0 saturated heterocycles. The van der Waals surface area contributed by atoms with Crippen LogP contribution in [-0.2, 0) is 32.7 Å². The molecule has 1 amide bonds. The molecule has 140 valence electrons. The maximum atomic E-state index is 11.9. The smallest absolute Gasteiger partial charge is 0.408 e. The molecule has 10 heteroatoms.